The van der Waals surface area contributed by atoms with Gasteiger partial charge in [-0.25, -0.2) is 23.1 Å². The van der Waals surface area contributed by atoms with Crippen LogP contribution in [0.3, 0.4) is 0 Å². The van der Waals surface area contributed by atoms with E-state index in [-0.39, 0.29) is 5.56 Å². The number of fused-ring (bicyclic) bond motifs is 1. The Balaban J connectivity index is 1.59. The zero-order valence-corrected chi connectivity index (χ0v) is 15.9. The summed E-state index contributed by atoms with van der Waals surface area (Å²) in [6, 6.07) is 11.7. The summed E-state index contributed by atoms with van der Waals surface area (Å²) in [5.74, 6) is 4.21. The zero-order valence-electron chi connectivity index (χ0n) is 15.9. The molecule has 0 unspecified atom stereocenters. The van der Waals surface area contributed by atoms with E-state index in [4.69, 9.17) is 4.74 Å². The fourth-order valence-corrected chi connectivity index (χ4v) is 2.92. The molecule has 0 atom stereocenters. The molecule has 0 aliphatic heterocycles. The maximum absolute atomic E-state index is 14.5. The van der Waals surface area contributed by atoms with Gasteiger partial charge < -0.3 is 4.74 Å². The SMILES string of the molecule is CCOc1cnc(-c2ccc(C#Cc3ccc4cc(F)c(F)cc4c3)c(F)c2)nc1. The van der Waals surface area contributed by atoms with Crippen LogP contribution in [0.4, 0.5) is 13.2 Å². The average molecular weight is 404 g/mol. The molecule has 4 rings (SSSR count). The lowest BCUT2D eigenvalue weighted by atomic mass is 10.1. The number of aromatic nitrogens is 2. The standard InChI is InChI=1S/C24H15F3N2O/c1-2-30-20-13-28-24(29-14-20)18-8-7-16(21(25)11-18)5-3-15-4-6-17-10-22(26)23(27)12-19(17)9-15/h4,6-14H,2H2,1H3. The number of halogens is 3. The molecule has 0 aliphatic rings. The van der Waals surface area contributed by atoms with Crippen molar-refractivity contribution in [2.24, 2.45) is 0 Å². The predicted octanol–water partition coefficient (Wildman–Crippen LogP) is 5.51. The molecular weight excluding hydrogens is 389 g/mol. The molecule has 6 heteroatoms. The molecule has 3 nitrogen and oxygen atoms in total. The minimum Gasteiger partial charge on any atom is -0.491 e. The van der Waals surface area contributed by atoms with Gasteiger partial charge in [0, 0.05) is 11.1 Å². The van der Waals surface area contributed by atoms with Gasteiger partial charge in [-0.1, -0.05) is 17.9 Å². The van der Waals surface area contributed by atoms with Crippen LogP contribution in [-0.2, 0) is 0 Å². The lowest BCUT2D eigenvalue weighted by Crippen LogP contribution is -1.95. The van der Waals surface area contributed by atoms with E-state index in [1.807, 2.05) is 6.92 Å². The third-order valence-electron chi connectivity index (χ3n) is 4.39. The molecule has 0 bridgehead atoms. The van der Waals surface area contributed by atoms with Gasteiger partial charge in [0.05, 0.1) is 24.6 Å². The maximum atomic E-state index is 14.5. The van der Waals surface area contributed by atoms with Crippen LogP contribution < -0.4 is 4.74 Å². The number of hydrogen-bond acceptors (Lipinski definition) is 3. The number of nitrogens with zero attached hydrogens (tertiary/aromatic N) is 2. The molecule has 0 N–H and O–H groups in total. The first-order valence-electron chi connectivity index (χ1n) is 9.19. The number of rotatable bonds is 3. The minimum atomic E-state index is -0.925. The van der Waals surface area contributed by atoms with E-state index in [0.29, 0.717) is 40.1 Å². The zero-order chi connectivity index (χ0) is 21.1. The van der Waals surface area contributed by atoms with Gasteiger partial charge in [-0.3, -0.25) is 0 Å². The van der Waals surface area contributed by atoms with Crippen molar-refractivity contribution in [2.75, 3.05) is 6.61 Å². The van der Waals surface area contributed by atoms with E-state index in [2.05, 4.69) is 21.8 Å². The second-order valence-electron chi connectivity index (χ2n) is 6.45. The third kappa shape index (κ3) is 4.11. The summed E-state index contributed by atoms with van der Waals surface area (Å²) >= 11 is 0. The smallest absolute Gasteiger partial charge is 0.159 e. The van der Waals surface area contributed by atoms with E-state index >= 15 is 0 Å². The highest BCUT2D eigenvalue weighted by atomic mass is 19.2. The molecule has 1 heterocycles. The molecule has 3 aromatic carbocycles. The van der Waals surface area contributed by atoms with Crippen molar-refractivity contribution >= 4 is 10.8 Å². The molecular formula is C24H15F3N2O. The Morgan fingerprint density at radius 3 is 2.23 bits per heavy atom. The van der Waals surface area contributed by atoms with Gasteiger partial charge in [-0.05, 0) is 60.2 Å². The Labute approximate surface area is 171 Å². The summed E-state index contributed by atoms with van der Waals surface area (Å²) in [5, 5.41) is 1.08. The van der Waals surface area contributed by atoms with Crippen molar-refractivity contribution in [3.63, 3.8) is 0 Å². The van der Waals surface area contributed by atoms with Gasteiger partial charge in [0.15, 0.2) is 23.2 Å². The summed E-state index contributed by atoms with van der Waals surface area (Å²) in [6.45, 7) is 2.37. The van der Waals surface area contributed by atoms with Gasteiger partial charge in [0.2, 0.25) is 0 Å². The Kier molecular flexibility index (Phi) is 5.36. The Bertz CT molecular complexity index is 1290. The molecule has 0 spiro atoms. The number of benzene rings is 3. The Hall–Kier alpha value is -3.85. The molecule has 0 fully saturated rings. The average Bonchev–Trinajstić information content (AvgIpc) is 2.74. The first kappa shape index (κ1) is 19.5. The molecule has 148 valence electrons. The monoisotopic (exact) mass is 404 g/mol. The first-order valence-corrected chi connectivity index (χ1v) is 9.19. The second-order valence-corrected chi connectivity index (χ2v) is 6.45. The Morgan fingerprint density at radius 1 is 0.800 bits per heavy atom. The molecule has 0 saturated carbocycles. The predicted molar refractivity (Wildman–Crippen MR) is 108 cm³/mol. The van der Waals surface area contributed by atoms with Crippen LogP contribution in [0.5, 0.6) is 5.75 Å². The number of hydrogen-bond donors (Lipinski definition) is 0. The summed E-state index contributed by atoms with van der Waals surface area (Å²) in [5.41, 5.74) is 1.28. The fourth-order valence-electron chi connectivity index (χ4n) is 2.92. The molecule has 0 radical (unpaired) electrons. The van der Waals surface area contributed by atoms with Crippen molar-refractivity contribution in [2.45, 2.75) is 6.92 Å². The fraction of sp³-hybridized carbons (Fsp3) is 0.0833. The van der Waals surface area contributed by atoms with Crippen LogP contribution in [0, 0.1) is 29.3 Å². The van der Waals surface area contributed by atoms with Crippen LogP contribution in [0.1, 0.15) is 18.1 Å². The molecule has 0 aliphatic carbocycles. The van der Waals surface area contributed by atoms with Crippen LogP contribution in [0.15, 0.2) is 60.9 Å². The number of ether oxygens (including phenoxy) is 1. The molecule has 4 aromatic rings. The van der Waals surface area contributed by atoms with E-state index < -0.39 is 17.5 Å². The summed E-state index contributed by atoms with van der Waals surface area (Å²) < 4.78 is 46.6. The van der Waals surface area contributed by atoms with Crippen molar-refractivity contribution in [1.29, 1.82) is 0 Å². The van der Waals surface area contributed by atoms with Crippen LogP contribution in [0.25, 0.3) is 22.2 Å². The van der Waals surface area contributed by atoms with Crippen molar-refractivity contribution in [3.05, 3.63) is 89.5 Å². The molecule has 0 amide bonds. The Morgan fingerprint density at radius 2 is 1.53 bits per heavy atom. The maximum Gasteiger partial charge on any atom is 0.159 e. The van der Waals surface area contributed by atoms with E-state index in [0.717, 1.165) is 12.1 Å². The van der Waals surface area contributed by atoms with Crippen LogP contribution in [-0.4, -0.2) is 16.6 Å². The molecule has 30 heavy (non-hydrogen) atoms. The third-order valence-corrected chi connectivity index (χ3v) is 4.39. The summed E-state index contributed by atoms with van der Waals surface area (Å²) in [7, 11) is 0. The first-order chi connectivity index (χ1) is 14.5. The van der Waals surface area contributed by atoms with Crippen LogP contribution in [0.2, 0.25) is 0 Å². The molecule has 0 saturated heterocycles. The van der Waals surface area contributed by atoms with Crippen molar-refractivity contribution in [1.82, 2.24) is 9.97 Å². The van der Waals surface area contributed by atoms with Gasteiger partial charge in [0.1, 0.15) is 5.82 Å². The van der Waals surface area contributed by atoms with Crippen molar-refractivity contribution < 1.29 is 17.9 Å². The van der Waals surface area contributed by atoms with Crippen molar-refractivity contribution in [3.8, 4) is 29.0 Å². The summed E-state index contributed by atoms with van der Waals surface area (Å²) in [6.07, 6.45) is 3.07. The van der Waals surface area contributed by atoms with Gasteiger partial charge in [-0.2, -0.15) is 0 Å². The van der Waals surface area contributed by atoms with Crippen LogP contribution >= 0.6 is 0 Å². The van der Waals surface area contributed by atoms with E-state index in [1.165, 1.54) is 18.5 Å². The second kappa shape index (κ2) is 8.26. The van der Waals surface area contributed by atoms with E-state index in [9.17, 15) is 13.2 Å². The molecule has 1 aromatic heterocycles. The van der Waals surface area contributed by atoms with Gasteiger partial charge >= 0.3 is 0 Å². The van der Waals surface area contributed by atoms with E-state index in [1.54, 1.807) is 30.3 Å². The summed E-state index contributed by atoms with van der Waals surface area (Å²) in [4.78, 5) is 8.36. The van der Waals surface area contributed by atoms with Gasteiger partial charge in [0.25, 0.3) is 0 Å². The minimum absolute atomic E-state index is 0.204. The quantitative estimate of drug-likeness (QED) is 0.422. The van der Waals surface area contributed by atoms with Gasteiger partial charge in [-0.15, -0.1) is 0 Å². The highest BCUT2D eigenvalue weighted by Crippen LogP contribution is 2.21. The lowest BCUT2D eigenvalue weighted by molar-refractivity contribution is 0.337. The largest absolute Gasteiger partial charge is 0.491 e. The topological polar surface area (TPSA) is 35.0 Å². The lowest BCUT2D eigenvalue weighted by Gasteiger charge is -2.04. The highest BCUT2D eigenvalue weighted by molar-refractivity contribution is 5.84. The highest BCUT2D eigenvalue weighted by Gasteiger charge is 2.07. The normalized spacial score (nSPS) is 10.5.